The maximum absolute atomic E-state index is 12.7. The van der Waals surface area contributed by atoms with E-state index in [1.54, 1.807) is 10.9 Å². The lowest BCUT2D eigenvalue weighted by atomic mass is 10.2. The molecule has 0 unspecified atom stereocenters. The molecule has 0 atom stereocenters. The van der Waals surface area contributed by atoms with Crippen LogP contribution in [0.3, 0.4) is 0 Å². The number of amides is 1. The van der Waals surface area contributed by atoms with Gasteiger partial charge in [-0.15, -0.1) is 0 Å². The summed E-state index contributed by atoms with van der Waals surface area (Å²) in [6, 6.07) is 13.1. The first-order valence-electron chi connectivity index (χ1n) is 8.51. The minimum absolute atomic E-state index is 0.188. The van der Waals surface area contributed by atoms with Gasteiger partial charge >= 0.3 is 0 Å². The lowest BCUT2D eigenvalue weighted by molar-refractivity contribution is 0.102. The number of nitrogens with zero attached hydrogens (tertiary/aromatic N) is 4. The van der Waals surface area contributed by atoms with E-state index in [1.165, 1.54) is 6.20 Å². The van der Waals surface area contributed by atoms with E-state index in [2.05, 4.69) is 20.4 Å². The number of rotatable bonds is 4. The van der Waals surface area contributed by atoms with Crippen molar-refractivity contribution in [2.24, 2.45) is 0 Å². The van der Waals surface area contributed by atoms with Crippen LogP contribution < -0.4 is 5.32 Å². The lowest BCUT2D eigenvalue weighted by Gasteiger charge is -2.08. The molecule has 8 heteroatoms. The number of carbonyl (C=O) groups is 1. The average molecular weight is 412 g/mol. The highest BCUT2D eigenvalue weighted by Crippen LogP contribution is 2.32. The van der Waals surface area contributed by atoms with Gasteiger partial charge in [0.2, 0.25) is 0 Å². The van der Waals surface area contributed by atoms with Crippen LogP contribution in [0.15, 0.2) is 54.9 Å². The fourth-order valence-corrected chi connectivity index (χ4v) is 3.44. The number of fused-ring (bicyclic) bond motifs is 1. The van der Waals surface area contributed by atoms with Gasteiger partial charge in [-0.2, -0.15) is 5.10 Å². The van der Waals surface area contributed by atoms with Crippen molar-refractivity contribution in [2.45, 2.75) is 13.5 Å². The van der Waals surface area contributed by atoms with Crippen LogP contribution in [0.1, 0.15) is 21.6 Å². The molecule has 4 rings (SSSR count). The van der Waals surface area contributed by atoms with E-state index < -0.39 is 0 Å². The van der Waals surface area contributed by atoms with Crippen molar-refractivity contribution in [3.63, 3.8) is 0 Å². The highest BCUT2D eigenvalue weighted by Gasteiger charge is 2.20. The van der Waals surface area contributed by atoms with Gasteiger partial charge in [0.25, 0.3) is 5.91 Å². The van der Waals surface area contributed by atoms with Gasteiger partial charge in [-0.05, 0) is 31.2 Å². The molecular formula is C20H15Cl2N5O. The molecule has 0 fully saturated rings. The van der Waals surface area contributed by atoms with Crippen molar-refractivity contribution in [3.05, 3.63) is 81.9 Å². The fraction of sp³-hybridized carbons (Fsp3) is 0.100. The molecule has 0 radical (unpaired) electrons. The Labute approximate surface area is 171 Å². The van der Waals surface area contributed by atoms with E-state index in [9.17, 15) is 4.79 Å². The Hall–Kier alpha value is -2.96. The zero-order valence-electron chi connectivity index (χ0n) is 14.9. The second-order valence-corrected chi connectivity index (χ2v) is 7.01. The second kappa shape index (κ2) is 7.58. The van der Waals surface area contributed by atoms with E-state index in [1.807, 2.05) is 49.4 Å². The maximum Gasteiger partial charge on any atom is 0.258 e. The van der Waals surface area contributed by atoms with Crippen LogP contribution in [-0.4, -0.2) is 25.7 Å². The Balaban J connectivity index is 1.68. The van der Waals surface area contributed by atoms with Gasteiger partial charge in [-0.3, -0.25) is 9.78 Å². The van der Waals surface area contributed by atoms with Crippen molar-refractivity contribution in [3.8, 4) is 0 Å². The number of carbonyl (C=O) groups excluding carboxylic acids is 1. The van der Waals surface area contributed by atoms with E-state index in [0.717, 1.165) is 11.3 Å². The average Bonchev–Trinajstić information content (AvgIpc) is 3.01. The third-order valence-corrected chi connectivity index (χ3v) is 4.90. The number of benzene rings is 1. The van der Waals surface area contributed by atoms with Gasteiger partial charge in [0.1, 0.15) is 0 Å². The number of halogens is 2. The van der Waals surface area contributed by atoms with Gasteiger partial charge in [0, 0.05) is 18.1 Å². The normalized spacial score (nSPS) is 11.0. The molecule has 0 spiro atoms. The minimum Gasteiger partial charge on any atom is -0.322 e. The summed E-state index contributed by atoms with van der Waals surface area (Å²) >= 11 is 12.8. The SMILES string of the molecule is Cc1ccc(NC(=O)c2cnc3c(c(Cl)nn3Cc3ccccn3)c2Cl)cc1. The first kappa shape index (κ1) is 18.4. The van der Waals surface area contributed by atoms with E-state index in [-0.39, 0.29) is 21.6 Å². The Kier molecular flexibility index (Phi) is 4.98. The molecule has 3 aromatic heterocycles. The van der Waals surface area contributed by atoms with Crippen LogP contribution in [-0.2, 0) is 6.54 Å². The van der Waals surface area contributed by atoms with Crippen LogP contribution in [0.4, 0.5) is 5.69 Å². The Morgan fingerprint density at radius 2 is 1.89 bits per heavy atom. The van der Waals surface area contributed by atoms with Crippen molar-refractivity contribution >= 4 is 45.8 Å². The highest BCUT2D eigenvalue weighted by atomic mass is 35.5. The molecule has 0 aliphatic carbocycles. The lowest BCUT2D eigenvalue weighted by Crippen LogP contribution is -2.13. The second-order valence-electron chi connectivity index (χ2n) is 6.27. The first-order chi connectivity index (χ1) is 13.5. The summed E-state index contributed by atoms with van der Waals surface area (Å²) in [5, 5.41) is 7.96. The molecule has 0 aliphatic heterocycles. The largest absolute Gasteiger partial charge is 0.322 e. The van der Waals surface area contributed by atoms with Gasteiger partial charge in [-0.25, -0.2) is 9.67 Å². The number of hydrogen-bond donors (Lipinski definition) is 1. The quantitative estimate of drug-likeness (QED) is 0.526. The molecule has 140 valence electrons. The molecule has 0 saturated carbocycles. The molecule has 0 aliphatic rings. The third kappa shape index (κ3) is 3.56. The number of pyridine rings is 2. The number of anilines is 1. The van der Waals surface area contributed by atoms with Gasteiger partial charge in [0.15, 0.2) is 10.8 Å². The molecule has 0 bridgehead atoms. The molecule has 1 N–H and O–H groups in total. The van der Waals surface area contributed by atoms with E-state index >= 15 is 0 Å². The summed E-state index contributed by atoms with van der Waals surface area (Å²) in [5.74, 6) is -0.364. The molecule has 0 saturated heterocycles. The van der Waals surface area contributed by atoms with Crippen molar-refractivity contribution < 1.29 is 4.79 Å². The zero-order chi connectivity index (χ0) is 19.7. The molecule has 1 aromatic carbocycles. The molecule has 28 heavy (non-hydrogen) atoms. The Morgan fingerprint density at radius 3 is 2.61 bits per heavy atom. The summed E-state index contributed by atoms with van der Waals surface area (Å²) in [6.07, 6.45) is 3.14. The monoisotopic (exact) mass is 411 g/mol. The summed E-state index contributed by atoms with van der Waals surface area (Å²) in [7, 11) is 0. The summed E-state index contributed by atoms with van der Waals surface area (Å²) in [4.78, 5) is 21.3. The van der Waals surface area contributed by atoms with Crippen molar-refractivity contribution in [1.82, 2.24) is 19.7 Å². The van der Waals surface area contributed by atoms with Gasteiger partial charge < -0.3 is 5.32 Å². The van der Waals surface area contributed by atoms with Crippen LogP contribution in [0.2, 0.25) is 10.2 Å². The number of aromatic nitrogens is 4. The predicted octanol–water partition coefficient (Wildman–Crippen LogP) is 4.74. The number of nitrogens with one attached hydrogen (secondary N) is 1. The Morgan fingerprint density at radius 1 is 1.11 bits per heavy atom. The number of aryl methyl sites for hydroxylation is 1. The van der Waals surface area contributed by atoms with E-state index in [0.29, 0.717) is 23.3 Å². The predicted molar refractivity (Wildman–Crippen MR) is 110 cm³/mol. The standard InChI is InChI=1S/C20H15Cl2N5O/c1-12-5-7-13(8-6-12)25-20(28)15-10-24-19-16(17(15)21)18(22)26-27(19)11-14-4-2-3-9-23-14/h2-10H,11H2,1H3,(H,25,28). The Bertz CT molecular complexity index is 1160. The molecule has 3 heterocycles. The molecule has 6 nitrogen and oxygen atoms in total. The first-order valence-corrected chi connectivity index (χ1v) is 9.27. The van der Waals surface area contributed by atoms with Crippen LogP contribution >= 0.6 is 23.2 Å². The van der Waals surface area contributed by atoms with Crippen molar-refractivity contribution in [2.75, 3.05) is 5.32 Å². The molecular weight excluding hydrogens is 397 g/mol. The maximum atomic E-state index is 12.7. The van der Waals surface area contributed by atoms with E-state index in [4.69, 9.17) is 23.2 Å². The highest BCUT2D eigenvalue weighted by molar-refractivity contribution is 6.43. The minimum atomic E-state index is -0.364. The van der Waals surface area contributed by atoms with Crippen LogP contribution in [0.5, 0.6) is 0 Å². The fourth-order valence-electron chi connectivity index (χ4n) is 2.81. The zero-order valence-corrected chi connectivity index (χ0v) is 16.4. The molecule has 1 amide bonds. The van der Waals surface area contributed by atoms with Crippen LogP contribution in [0.25, 0.3) is 11.0 Å². The summed E-state index contributed by atoms with van der Waals surface area (Å²) in [6.45, 7) is 2.37. The summed E-state index contributed by atoms with van der Waals surface area (Å²) in [5.41, 5.74) is 3.30. The van der Waals surface area contributed by atoms with Crippen LogP contribution in [0, 0.1) is 6.92 Å². The van der Waals surface area contributed by atoms with Gasteiger partial charge in [-0.1, -0.05) is 47.0 Å². The third-order valence-electron chi connectivity index (χ3n) is 4.25. The topological polar surface area (TPSA) is 72.7 Å². The smallest absolute Gasteiger partial charge is 0.258 e. The summed E-state index contributed by atoms with van der Waals surface area (Å²) < 4.78 is 1.62. The van der Waals surface area contributed by atoms with Gasteiger partial charge in [0.05, 0.1) is 28.2 Å². The molecule has 4 aromatic rings. The van der Waals surface area contributed by atoms with Crippen molar-refractivity contribution in [1.29, 1.82) is 0 Å². The number of hydrogen-bond acceptors (Lipinski definition) is 4.